The van der Waals surface area contributed by atoms with E-state index in [-0.39, 0.29) is 18.2 Å². The maximum Gasteiger partial charge on any atom is 0.304 e. The molecule has 0 bridgehead atoms. The number of hydrogen-bond donors (Lipinski definition) is 2. The van der Waals surface area contributed by atoms with E-state index in [4.69, 9.17) is 9.94 Å². The van der Waals surface area contributed by atoms with Crippen molar-refractivity contribution in [1.82, 2.24) is 10.4 Å². The fourth-order valence-corrected chi connectivity index (χ4v) is 4.55. The Morgan fingerprint density at radius 3 is 2.68 bits per heavy atom. The minimum absolute atomic E-state index is 0.0272. The molecule has 164 valence electrons. The van der Waals surface area contributed by atoms with Crippen molar-refractivity contribution in [2.45, 2.75) is 38.6 Å². The molecule has 1 saturated heterocycles. The molecule has 2 amide bonds. The average molecular weight is 434 g/mol. The molecule has 2 aromatic rings. The van der Waals surface area contributed by atoms with Gasteiger partial charge in [0.1, 0.15) is 5.75 Å². The number of likely N-dealkylation sites (tertiary alicyclic amines) is 1. The van der Waals surface area contributed by atoms with Crippen LogP contribution in [0.3, 0.4) is 0 Å². The molecule has 1 spiro atoms. The molecule has 2 aliphatic rings. The number of halogens is 3. The Labute approximate surface area is 176 Å². The summed E-state index contributed by atoms with van der Waals surface area (Å²) in [5, 5.41) is 9.00. The van der Waals surface area contributed by atoms with Crippen molar-refractivity contribution < 1.29 is 32.7 Å². The van der Waals surface area contributed by atoms with Gasteiger partial charge in [0.2, 0.25) is 5.91 Å². The third kappa shape index (κ3) is 3.85. The molecule has 0 saturated carbocycles. The summed E-state index contributed by atoms with van der Waals surface area (Å²) in [6, 6.07) is 11.4. The molecular weight excluding hydrogens is 413 g/mol. The van der Waals surface area contributed by atoms with Gasteiger partial charge in [0.15, 0.2) is 0 Å². The second-order valence-electron chi connectivity index (χ2n) is 7.91. The number of carbonyl (C=O) groups excluding carboxylic acids is 2. The van der Waals surface area contributed by atoms with Gasteiger partial charge in [-0.1, -0.05) is 30.3 Å². The largest absolute Gasteiger partial charge is 0.454 e. The van der Waals surface area contributed by atoms with Crippen LogP contribution in [0.4, 0.5) is 13.2 Å². The summed E-state index contributed by atoms with van der Waals surface area (Å²) in [6.45, 7) is 0.545. The zero-order chi connectivity index (χ0) is 22.2. The lowest BCUT2D eigenvalue weighted by Gasteiger charge is -2.24. The fourth-order valence-electron chi connectivity index (χ4n) is 4.55. The minimum atomic E-state index is -3.27. The zero-order valence-corrected chi connectivity index (χ0v) is 16.5. The van der Waals surface area contributed by atoms with Gasteiger partial charge in [-0.15, -0.1) is 0 Å². The van der Waals surface area contributed by atoms with Crippen molar-refractivity contribution in [3.8, 4) is 5.75 Å². The number of ether oxygens (including phenoxy) is 1. The first kappa shape index (κ1) is 21.2. The maximum absolute atomic E-state index is 13.4. The third-order valence-corrected chi connectivity index (χ3v) is 6.04. The van der Waals surface area contributed by atoms with E-state index in [1.165, 1.54) is 6.07 Å². The molecule has 1 fully saturated rings. The van der Waals surface area contributed by atoms with Crippen molar-refractivity contribution in [2.75, 3.05) is 6.54 Å². The third-order valence-electron chi connectivity index (χ3n) is 6.04. The maximum atomic E-state index is 13.4. The molecule has 4 rings (SSSR count). The van der Waals surface area contributed by atoms with Crippen LogP contribution < -0.4 is 10.2 Å². The van der Waals surface area contributed by atoms with Gasteiger partial charge in [-0.2, -0.15) is 4.39 Å². The van der Waals surface area contributed by atoms with Gasteiger partial charge >= 0.3 is 6.43 Å². The summed E-state index contributed by atoms with van der Waals surface area (Å²) in [5.41, 5.74) is 3.34. The monoisotopic (exact) mass is 434 g/mol. The molecule has 2 N–H and O–H groups in total. The van der Waals surface area contributed by atoms with Gasteiger partial charge in [0.25, 0.3) is 12.3 Å². The highest BCUT2D eigenvalue weighted by atomic mass is 19.3. The van der Waals surface area contributed by atoms with E-state index in [1.54, 1.807) is 40.7 Å². The number of fused-ring (bicyclic) bond motifs is 1. The van der Waals surface area contributed by atoms with Crippen molar-refractivity contribution >= 4 is 11.8 Å². The van der Waals surface area contributed by atoms with Crippen molar-refractivity contribution in [3.05, 3.63) is 64.7 Å². The molecular formula is C22H21F3N2O4. The van der Waals surface area contributed by atoms with Crippen LogP contribution >= 0.6 is 0 Å². The van der Waals surface area contributed by atoms with E-state index in [9.17, 15) is 22.8 Å². The first-order valence-corrected chi connectivity index (χ1v) is 9.86. The summed E-state index contributed by atoms with van der Waals surface area (Å²) >= 11 is 0. The standard InChI is InChI=1S/C22H21F3N2O4/c23-18(24)19(25)31-17-7-2-1-4-14(17)12-27-9-8-22(21(27)29)10-13-5-3-6-15(16(13)11-22)20(28)26-30/h1-7,18-19,30H,8-12H2,(H,26,28). The molecule has 0 radical (unpaired) electrons. The Kier molecular flexibility index (Phi) is 5.62. The second-order valence-corrected chi connectivity index (χ2v) is 7.91. The lowest BCUT2D eigenvalue weighted by Crippen LogP contribution is -2.35. The topological polar surface area (TPSA) is 78.9 Å². The first-order chi connectivity index (χ1) is 14.8. The summed E-state index contributed by atoms with van der Waals surface area (Å²) in [6.07, 6.45) is -4.61. The highest BCUT2D eigenvalue weighted by Gasteiger charge is 2.50. The van der Waals surface area contributed by atoms with Gasteiger partial charge in [0.05, 0.1) is 5.41 Å². The van der Waals surface area contributed by atoms with Crippen molar-refractivity contribution in [1.29, 1.82) is 0 Å². The summed E-state index contributed by atoms with van der Waals surface area (Å²) in [5.74, 6) is -0.762. The highest BCUT2D eigenvalue weighted by Crippen LogP contribution is 2.46. The Morgan fingerprint density at radius 1 is 1.16 bits per heavy atom. The molecule has 1 aliphatic carbocycles. The van der Waals surface area contributed by atoms with Gasteiger partial charge < -0.3 is 9.64 Å². The fraction of sp³-hybridized carbons (Fsp3) is 0.364. The van der Waals surface area contributed by atoms with E-state index in [1.807, 2.05) is 6.07 Å². The SMILES string of the molecule is O=C(NO)c1cccc2c1CC1(CCN(Cc3ccccc3OC(F)C(F)F)C1=O)C2. The average Bonchev–Trinajstić information content (AvgIpc) is 3.29. The lowest BCUT2D eigenvalue weighted by molar-refractivity contribution is -0.136. The summed E-state index contributed by atoms with van der Waals surface area (Å²) in [7, 11) is 0. The number of nitrogens with one attached hydrogen (secondary N) is 1. The number of para-hydroxylation sites is 1. The molecule has 1 heterocycles. The van der Waals surface area contributed by atoms with E-state index in [0.29, 0.717) is 36.9 Å². The summed E-state index contributed by atoms with van der Waals surface area (Å²) in [4.78, 5) is 26.9. The van der Waals surface area contributed by atoms with E-state index < -0.39 is 24.1 Å². The van der Waals surface area contributed by atoms with Crippen LogP contribution in [0.2, 0.25) is 0 Å². The molecule has 2 aromatic carbocycles. The number of nitrogens with zero attached hydrogens (tertiary/aromatic N) is 1. The first-order valence-electron chi connectivity index (χ1n) is 9.86. The highest BCUT2D eigenvalue weighted by molar-refractivity contribution is 5.96. The minimum Gasteiger partial charge on any atom is -0.454 e. The molecule has 9 heteroatoms. The van der Waals surface area contributed by atoms with Crippen LogP contribution in [0.5, 0.6) is 5.75 Å². The predicted octanol–water partition coefficient (Wildman–Crippen LogP) is 3.26. The van der Waals surface area contributed by atoms with E-state index in [0.717, 1.165) is 11.1 Å². The number of hydroxylamine groups is 1. The van der Waals surface area contributed by atoms with Crippen LogP contribution in [0.15, 0.2) is 42.5 Å². The van der Waals surface area contributed by atoms with Gasteiger partial charge in [0, 0.05) is 24.2 Å². The molecule has 0 aromatic heterocycles. The Balaban J connectivity index is 1.53. The summed E-state index contributed by atoms with van der Waals surface area (Å²) < 4.78 is 43.3. The van der Waals surface area contributed by atoms with Crippen LogP contribution in [0.25, 0.3) is 0 Å². The van der Waals surface area contributed by atoms with Crippen LogP contribution in [0.1, 0.15) is 33.5 Å². The van der Waals surface area contributed by atoms with E-state index in [2.05, 4.69) is 0 Å². The molecule has 1 aliphatic heterocycles. The molecule has 31 heavy (non-hydrogen) atoms. The van der Waals surface area contributed by atoms with Crippen LogP contribution in [-0.2, 0) is 24.2 Å². The molecule has 6 nitrogen and oxygen atoms in total. The number of rotatable bonds is 6. The van der Waals surface area contributed by atoms with Gasteiger partial charge in [-0.05, 0) is 42.5 Å². The lowest BCUT2D eigenvalue weighted by atomic mass is 9.83. The number of carbonyl (C=O) groups is 2. The molecule has 2 atom stereocenters. The van der Waals surface area contributed by atoms with Crippen molar-refractivity contribution in [3.63, 3.8) is 0 Å². The van der Waals surface area contributed by atoms with E-state index >= 15 is 0 Å². The molecule has 2 unspecified atom stereocenters. The Morgan fingerprint density at radius 2 is 1.94 bits per heavy atom. The van der Waals surface area contributed by atoms with Crippen molar-refractivity contribution in [2.24, 2.45) is 5.41 Å². The van der Waals surface area contributed by atoms with Gasteiger partial charge in [-0.25, -0.2) is 14.3 Å². The van der Waals surface area contributed by atoms with Crippen LogP contribution in [0, 0.1) is 5.41 Å². The zero-order valence-electron chi connectivity index (χ0n) is 16.5. The second kappa shape index (κ2) is 8.22. The predicted molar refractivity (Wildman–Crippen MR) is 104 cm³/mol. The quantitative estimate of drug-likeness (QED) is 0.541. The van der Waals surface area contributed by atoms with Gasteiger partial charge in [-0.3, -0.25) is 14.8 Å². The smallest absolute Gasteiger partial charge is 0.304 e. The Hall–Kier alpha value is -3.07. The number of hydrogen-bond acceptors (Lipinski definition) is 4. The van der Waals surface area contributed by atoms with Crippen LogP contribution in [-0.4, -0.2) is 41.2 Å². The number of amides is 2. The normalized spacial score (nSPS) is 20.9. The number of alkyl halides is 3. The number of benzene rings is 2. The Bertz CT molecular complexity index is 1020.